The highest BCUT2D eigenvalue weighted by Crippen LogP contribution is 2.20. The predicted octanol–water partition coefficient (Wildman–Crippen LogP) is 2.21. The second-order valence-corrected chi connectivity index (χ2v) is 8.12. The summed E-state index contributed by atoms with van der Waals surface area (Å²) in [5.74, 6) is 1.17. The van der Waals surface area contributed by atoms with E-state index in [0.29, 0.717) is 32.8 Å². The first-order valence-corrected chi connectivity index (χ1v) is 10.4. The van der Waals surface area contributed by atoms with Gasteiger partial charge in [0.05, 0.1) is 13.2 Å². The number of hydrogen-bond donors (Lipinski definition) is 1. The van der Waals surface area contributed by atoms with Crippen LogP contribution in [0.4, 0.5) is 0 Å². The van der Waals surface area contributed by atoms with Gasteiger partial charge in [0, 0.05) is 26.7 Å². The fourth-order valence-electron chi connectivity index (χ4n) is 3.19. The zero-order valence-corrected chi connectivity index (χ0v) is 16.1. The Balaban J connectivity index is 1.80. The molecule has 2 rings (SSSR count). The Kier molecular flexibility index (Phi) is 8.15. The zero-order valence-electron chi connectivity index (χ0n) is 15.2. The van der Waals surface area contributed by atoms with E-state index in [0.717, 1.165) is 37.0 Å². The number of nitrogens with one attached hydrogen (secondary N) is 1. The van der Waals surface area contributed by atoms with Gasteiger partial charge in [-0.05, 0) is 50.2 Å². The number of benzene rings is 1. The lowest BCUT2D eigenvalue weighted by molar-refractivity contribution is 0.118. The second-order valence-electron chi connectivity index (χ2n) is 6.37. The molecule has 1 fully saturated rings. The SMILES string of the molecule is CCOc1ccccc1CCCNS(=O)(=O)N1CCCC(COC)C1. The van der Waals surface area contributed by atoms with Crippen LogP contribution in [0.25, 0.3) is 0 Å². The highest BCUT2D eigenvalue weighted by molar-refractivity contribution is 7.87. The number of ether oxygens (including phenoxy) is 2. The van der Waals surface area contributed by atoms with Crippen LogP contribution in [0.5, 0.6) is 5.75 Å². The van der Waals surface area contributed by atoms with Crippen molar-refractivity contribution in [1.29, 1.82) is 0 Å². The summed E-state index contributed by atoms with van der Waals surface area (Å²) >= 11 is 0. The summed E-state index contributed by atoms with van der Waals surface area (Å²) in [6.45, 7) is 4.75. The summed E-state index contributed by atoms with van der Waals surface area (Å²) in [6.07, 6.45) is 3.42. The van der Waals surface area contributed by atoms with Gasteiger partial charge in [-0.1, -0.05) is 18.2 Å². The first-order valence-electron chi connectivity index (χ1n) is 9.01. The smallest absolute Gasteiger partial charge is 0.279 e. The van der Waals surface area contributed by atoms with Gasteiger partial charge in [0.1, 0.15) is 5.75 Å². The van der Waals surface area contributed by atoms with E-state index >= 15 is 0 Å². The van der Waals surface area contributed by atoms with Crippen LogP contribution in [0.3, 0.4) is 0 Å². The van der Waals surface area contributed by atoms with Crippen molar-refractivity contribution < 1.29 is 17.9 Å². The van der Waals surface area contributed by atoms with Crippen LogP contribution >= 0.6 is 0 Å². The molecule has 1 aliphatic rings. The van der Waals surface area contributed by atoms with Crippen molar-refractivity contribution in [2.75, 3.05) is 40.0 Å². The number of methoxy groups -OCH3 is 1. The van der Waals surface area contributed by atoms with Crippen LogP contribution in [-0.4, -0.2) is 52.7 Å². The van der Waals surface area contributed by atoms with E-state index in [1.165, 1.54) is 0 Å². The van der Waals surface area contributed by atoms with E-state index in [2.05, 4.69) is 4.72 Å². The molecule has 0 radical (unpaired) electrons. The monoisotopic (exact) mass is 370 g/mol. The third-order valence-electron chi connectivity index (χ3n) is 4.40. The van der Waals surface area contributed by atoms with E-state index < -0.39 is 10.2 Å². The summed E-state index contributed by atoms with van der Waals surface area (Å²) in [5.41, 5.74) is 1.11. The Morgan fingerprint density at radius 2 is 2.12 bits per heavy atom. The summed E-state index contributed by atoms with van der Waals surface area (Å²) in [6, 6.07) is 7.90. The van der Waals surface area contributed by atoms with Gasteiger partial charge in [-0.2, -0.15) is 12.7 Å². The largest absolute Gasteiger partial charge is 0.494 e. The second kappa shape index (κ2) is 10.1. The van der Waals surface area contributed by atoms with Crippen LogP contribution in [0.15, 0.2) is 24.3 Å². The average Bonchev–Trinajstić information content (AvgIpc) is 2.61. The highest BCUT2D eigenvalue weighted by Gasteiger charge is 2.28. The molecule has 1 aromatic rings. The molecule has 6 nitrogen and oxygen atoms in total. The van der Waals surface area contributed by atoms with Gasteiger partial charge in [0.25, 0.3) is 10.2 Å². The van der Waals surface area contributed by atoms with Gasteiger partial charge in [-0.3, -0.25) is 0 Å². The summed E-state index contributed by atoms with van der Waals surface area (Å²) in [5, 5.41) is 0. The number of piperidine rings is 1. The normalized spacial score (nSPS) is 19.0. The molecule has 1 atom stereocenters. The first kappa shape index (κ1) is 20.2. The third kappa shape index (κ3) is 6.26. The van der Waals surface area contributed by atoms with Crippen LogP contribution < -0.4 is 9.46 Å². The molecule has 1 aromatic carbocycles. The van der Waals surface area contributed by atoms with Crippen molar-refractivity contribution in [2.24, 2.45) is 5.92 Å². The lowest BCUT2D eigenvalue weighted by atomic mass is 10.0. The molecule has 0 bridgehead atoms. The lowest BCUT2D eigenvalue weighted by Crippen LogP contribution is -2.47. The molecule has 142 valence electrons. The van der Waals surface area contributed by atoms with Crippen molar-refractivity contribution in [2.45, 2.75) is 32.6 Å². The zero-order chi connectivity index (χ0) is 18.1. The minimum Gasteiger partial charge on any atom is -0.494 e. The minimum atomic E-state index is -3.41. The molecule has 1 N–H and O–H groups in total. The molecule has 1 heterocycles. The average molecular weight is 371 g/mol. The number of rotatable bonds is 10. The summed E-state index contributed by atoms with van der Waals surface area (Å²) < 4.78 is 40.0. The van der Waals surface area contributed by atoms with E-state index in [1.807, 2.05) is 31.2 Å². The van der Waals surface area contributed by atoms with E-state index in [-0.39, 0.29) is 5.92 Å². The van der Waals surface area contributed by atoms with Crippen LogP contribution in [-0.2, 0) is 21.4 Å². The molecule has 1 unspecified atom stereocenters. The van der Waals surface area contributed by atoms with Crippen LogP contribution in [0.2, 0.25) is 0 Å². The van der Waals surface area contributed by atoms with Crippen molar-refractivity contribution in [3.05, 3.63) is 29.8 Å². The third-order valence-corrected chi connectivity index (χ3v) is 5.98. The van der Waals surface area contributed by atoms with E-state index in [9.17, 15) is 8.42 Å². The predicted molar refractivity (Wildman–Crippen MR) is 99.0 cm³/mol. The number of aryl methyl sites for hydroxylation is 1. The lowest BCUT2D eigenvalue weighted by Gasteiger charge is -2.31. The number of para-hydroxylation sites is 1. The maximum atomic E-state index is 12.5. The van der Waals surface area contributed by atoms with Gasteiger partial charge < -0.3 is 9.47 Å². The summed E-state index contributed by atoms with van der Waals surface area (Å²) in [4.78, 5) is 0. The fourth-order valence-corrected chi connectivity index (χ4v) is 4.56. The summed E-state index contributed by atoms with van der Waals surface area (Å²) in [7, 11) is -1.75. The maximum Gasteiger partial charge on any atom is 0.279 e. The van der Waals surface area contributed by atoms with Crippen molar-refractivity contribution in [1.82, 2.24) is 9.03 Å². The molecule has 7 heteroatoms. The van der Waals surface area contributed by atoms with Gasteiger partial charge >= 0.3 is 0 Å². The van der Waals surface area contributed by atoms with Crippen LogP contribution in [0, 0.1) is 5.92 Å². The maximum absolute atomic E-state index is 12.5. The van der Waals surface area contributed by atoms with Crippen molar-refractivity contribution >= 4 is 10.2 Å². The van der Waals surface area contributed by atoms with Gasteiger partial charge in [-0.15, -0.1) is 0 Å². The van der Waals surface area contributed by atoms with Gasteiger partial charge in [0.15, 0.2) is 0 Å². The Hall–Kier alpha value is -1.15. The Morgan fingerprint density at radius 1 is 1.32 bits per heavy atom. The molecular weight excluding hydrogens is 340 g/mol. The fraction of sp³-hybridized carbons (Fsp3) is 0.667. The number of hydrogen-bond acceptors (Lipinski definition) is 4. The molecule has 0 aliphatic carbocycles. The minimum absolute atomic E-state index is 0.286. The Morgan fingerprint density at radius 3 is 2.88 bits per heavy atom. The molecule has 1 saturated heterocycles. The molecule has 0 spiro atoms. The number of nitrogens with zero attached hydrogens (tertiary/aromatic N) is 1. The molecular formula is C18H30N2O4S. The quantitative estimate of drug-likeness (QED) is 0.641. The van der Waals surface area contributed by atoms with Crippen molar-refractivity contribution in [3.8, 4) is 5.75 Å². The molecule has 0 aromatic heterocycles. The van der Waals surface area contributed by atoms with Gasteiger partial charge in [0.2, 0.25) is 0 Å². The van der Waals surface area contributed by atoms with Gasteiger partial charge in [-0.25, -0.2) is 4.72 Å². The van der Waals surface area contributed by atoms with E-state index in [1.54, 1.807) is 11.4 Å². The van der Waals surface area contributed by atoms with Crippen LogP contribution in [0.1, 0.15) is 31.7 Å². The topological polar surface area (TPSA) is 67.9 Å². The molecule has 0 saturated carbocycles. The molecule has 0 amide bonds. The Bertz CT molecular complexity index is 619. The highest BCUT2D eigenvalue weighted by atomic mass is 32.2. The standard InChI is InChI=1S/C18H30N2O4S/c1-3-24-18-11-5-4-9-17(18)10-6-12-19-25(21,22)20-13-7-8-16(14-20)15-23-2/h4-5,9,11,16,19H,3,6-8,10,12-15H2,1-2H3. The molecule has 1 aliphatic heterocycles. The van der Waals surface area contributed by atoms with Crippen molar-refractivity contribution in [3.63, 3.8) is 0 Å². The van der Waals surface area contributed by atoms with E-state index in [4.69, 9.17) is 9.47 Å². The first-order chi connectivity index (χ1) is 12.1. The molecule has 25 heavy (non-hydrogen) atoms. The Labute approximate surface area is 151 Å².